The quantitative estimate of drug-likeness (QED) is 0.578. The first-order valence-corrected chi connectivity index (χ1v) is 3.43. The van der Waals surface area contributed by atoms with Crippen LogP contribution in [0.25, 0.3) is 0 Å². The summed E-state index contributed by atoms with van der Waals surface area (Å²) >= 11 is 0.0944. The van der Waals surface area contributed by atoms with Crippen LogP contribution in [-0.2, 0) is 27.1 Å². The fourth-order valence-corrected chi connectivity index (χ4v) is 0. The molecule has 0 amide bonds. The van der Waals surface area contributed by atoms with Crippen molar-refractivity contribution in [3.8, 4) is 0 Å². The average Bonchev–Trinajstić information content (AvgIpc) is 1.50. The molecule has 0 saturated heterocycles. The fourth-order valence-electron chi connectivity index (χ4n) is 0. The number of hydrogen-bond donors (Lipinski definition) is 0. The summed E-state index contributed by atoms with van der Waals surface area (Å²) in [5.74, 6) is 0. The van der Waals surface area contributed by atoms with Crippen LogP contribution in [0.3, 0.4) is 0 Å². The summed E-state index contributed by atoms with van der Waals surface area (Å²) in [5.41, 5.74) is 0. The Balaban J connectivity index is 0. The topological polar surface area (TPSA) is 34.1 Å². The molecule has 21 valence electrons. The van der Waals surface area contributed by atoms with Gasteiger partial charge >= 0.3 is 51.5 Å². The minimum atomic E-state index is -0.1000. The summed E-state index contributed by atoms with van der Waals surface area (Å²) in [6.07, 6.45) is 0. The summed E-state index contributed by atoms with van der Waals surface area (Å²) in [4.78, 5) is 0. The predicted molar refractivity (Wildman–Crippen MR) is 8.52 cm³/mol. The molecule has 4 heavy (non-hydrogen) atoms. The van der Waals surface area contributed by atoms with Gasteiger partial charge in [0.05, 0.1) is 0 Å². The molecule has 0 aliphatic heterocycles. The Kier molecular flexibility index (Phi) is 66.4. The van der Waals surface area contributed by atoms with Crippen molar-refractivity contribution in [1.82, 2.24) is 0 Å². The zero-order valence-corrected chi connectivity index (χ0v) is 9.22. The van der Waals surface area contributed by atoms with Crippen molar-refractivity contribution in [3.63, 3.8) is 0 Å². The molecule has 0 saturated carbocycles. The summed E-state index contributed by atoms with van der Waals surface area (Å²) in [5, 5.41) is 0. The molecule has 2 nitrogen and oxygen atoms in total. The van der Waals surface area contributed by atoms with Gasteiger partial charge in [0, 0.05) is 0 Å². The van der Waals surface area contributed by atoms with Crippen molar-refractivity contribution in [1.29, 1.82) is 0 Å². The summed E-state index contributed by atoms with van der Waals surface area (Å²) in [6, 6.07) is 0. The van der Waals surface area contributed by atoms with Gasteiger partial charge in [0.1, 0.15) is 0 Å². The van der Waals surface area contributed by atoms with Gasteiger partial charge in [0.15, 0.2) is 0 Å². The van der Waals surface area contributed by atoms with E-state index in [9.17, 15) is 0 Å². The molecule has 0 unspecified atom stereocenters. The van der Waals surface area contributed by atoms with Gasteiger partial charge in [-0.15, -0.1) is 0 Å². The van der Waals surface area contributed by atoms with Crippen LogP contribution >= 0.6 is 0 Å². The van der Waals surface area contributed by atoms with Crippen molar-refractivity contribution in [2.75, 3.05) is 0 Å². The molecule has 0 aromatic heterocycles. The van der Waals surface area contributed by atoms with Crippen molar-refractivity contribution in [3.05, 3.63) is 0 Å². The zero-order chi connectivity index (χ0) is 4.00. The normalized spacial score (nSPS) is 1.50. The van der Waals surface area contributed by atoms with E-state index in [-0.39, 0.29) is 45.4 Å². The Hall–Kier alpha value is 1.21. The molecule has 0 bridgehead atoms. The van der Waals surface area contributed by atoms with Crippen LogP contribution in [0.1, 0.15) is 0 Å². The summed E-state index contributed by atoms with van der Waals surface area (Å²) < 4.78 is 16.8. The van der Waals surface area contributed by atoms with Crippen LogP contribution < -0.4 is 0 Å². The molecular weight excluding hydrogens is 328 g/mol. The van der Waals surface area contributed by atoms with E-state index in [0.717, 1.165) is 0 Å². The summed E-state index contributed by atoms with van der Waals surface area (Å²) in [6.45, 7) is 0. The van der Waals surface area contributed by atoms with Crippen molar-refractivity contribution >= 4 is 24.4 Å². The van der Waals surface area contributed by atoms with Crippen molar-refractivity contribution in [2.45, 2.75) is 0 Å². The predicted octanol–water partition coefficient (Wildman–Crippen LogP) is -0.889. The molecule has 0 N–H and O–H groups in total. The molecule has 0 aliphatic carbocycles. The SMILES string of the molecule is [O]=[InH].[O]=[Ta]. The molecule has 0 heterocycles. The second-order valence-corrected chi connectivity index (χ2v) is 0. The van der Waals surface area contributed by atoms with E-state index in [2.05, 4.69) is 0 Å². The van der Waals surface area contributed by atoms with E-state index in [1.165, 1.54) is 0 Å². The van der Waals surface area contributed by atoms with E-state index in [4.69, 9.17) is 6.10 Å². The molecule has 0 radical (unpaired) electrons. The van der Waals surface area contributed by atoms with Crippen molar-refractivity contribution < 1.29 is 27.1 Å². The maximum absolute atomic E-state index is 8.42. The van der Waals surface area contributed by atoms with E-state index >= 15 is 0 Å². The van der Waals surface area contributed by atoms with Crippen LogP contribution in [-0.4, -0.2) is 24.4 Å². The van der Waals surface area contributed by atoms with Gasteiger partial charge in [-0.2, -0.15) is 0 Å². The molecule has 0 atom stereocenters. The maximum atomic E-state index is 8.42. The molecule has 0 aliphatic rings. The van der Waals surface area contributed by atoms with Crippen molar-refractivity contribution in [2.24, 2.45) is 0 Å². The Morgan fingerprint density at radius 1 is 1.25 bits per heavy atom. The first kappa shape index (κ1) is 8.96. The van der Waals surface area contributed by atoms with Crippen LogP contribution in [0.4, 0.5) is 0 Å². The Bertz CT molecular complexity index is 8.00. The van der Waals surface area contributed by atoms with E-state index in [1.54, 1.807) is 0 Å². The number of rotatable bonds is 0. The molecular formula is HInO2Ta. The molecule has 0 rings (SSSR count). The monoisotopic (exact) mass is 329 g/mol. The Morgan fingerprint density at radius 2 is 1.25 bits per heavy atom. The molecule has 0 fully saturated rings. The standard InChI is InChI=1S/In.2O.Ta.H. The van der Waals surface area contributed by atoms with Crippen LogP contribution in [0.15, 0.2) is 0 Å². The summed E-state index contributed by atoms with van der Waals surface area (Å²) in [7, 11) is 0. The average molecular weight is 329 g/mol. The van der Waals surface area contributed by atoms with E-state index in [1.807, 2.05) is 0 Å². The van der Waals surface area contributed by atoms with Gasteiger partial charge in [-0.25, -0.2) is 0 Å². The molecule has 0 spiro atoms. The Morgan fingerprint density at radius 3 is 1.25 bits per heavy atom. The minimum absolute atomic E-state index is 0.1000. The van der Waals surface area contributed by atoms with Crippen LogP contribution in [0, 0.1) is 0 Å². The first-order valence-electron chi connectivity index (χ1n) is 0.471. The second kappa shape index (κ2) is 29.6. The van der Waals surface area contributed by atoms with Crippen LogP contribution in [0.2, 0.25) is 0 Å². The van der Waals surface area contributed by atoms with Gasteiger partial charge in [-0.05, 0) is 0 Å². The third kappa shape index (κ3) is 10.7. The number of hydrogen-bond acceptors (Lipinski definition) is 2. The van der Waals surface area contributed by atoms with Gasteiger partial charge < -0.3 is 0 Å². The van der Waals surface area contributed by atoms with Crippen LogP contribution in [0.5, 0.6) is 0 Å². The van der Waals surface area contributed by atoms with Gasteiger partial charge in [-0.1, -0.05) is 0 Å². The molecule has 0 aromatic carbocycles. The molecule has 4 heteroatoms. The third-order valence-corrected chi connectivity index (χ3v) is 0. The van der Waals surface area contributed by atoms with E-state index < -0.39 is 0 Å². The van der Waals surface area contributed by atoms with Gasteiger partial charge in [0.2, 0.25) is 0 Å². The first-order chi connectivity index (χ1) is 2.00. The van der Waals surface area contributed by atoms with E-state index in [0.29, 0.717) is 0 Å². The second-order valence-electron chi connectivity index (χ2n) is 0. The van der Waals surface area contributed by atoms with Gasteiger partial charge in [0.25, 0.3) is 0 Å². The van der Waals surface area contributed by atoms with Gasteiger partial charge in [-0.3, -0.25) is 0 Å². The fraction of sp³-hybridized carbons (Fsp3) is 0. The zero-order valence-electron chi connectivity index (χ0n) is 1.97. The Labute approximate surface area is 51.2 Å². The molecule has 0 aromatic rings. The third-order valence-electron chi connectivity index (χ3n) is 0.